The van der Waals surface area contributed by atoms with E-state index < -0.39 is 6.16 Å². The molecule has 1 N–H and O–H groups in total. The molecule has 2 aromatic carbocycles. The second-order valence-corrected chi connectivity index (χ2v) is 9.17. The van der Waals surface area contributed by atoms with Crippen molar-refractivity contribution in [3.63, 3.8) is 0 Å². The van der Waals surface area contributed by atoms with Crippen molar-refractivity contribution >= 4 is 6.16 Å². The zero-order chi connectivity index (χ0) is 23.9. The molecule has 2 rings (SSSR count). The van der Waals surface area contributed by atoms with Crippen molar-refractivity contribution in [2.75, 3.05) is 0 Å². The number of benzene rings is 2. The molecule has 0 fully saturated rings. The summed E-state index contributed by atoms with van der Waals surface area (Å²) in [7, 11) is 0. The third kappa shape index (κ3) is 8.87. The van der Waals surface area contributed by atoms with Gasteiger partial charge in [-0.05, 0) is 72.4 Å². The zero-order valence-corrected chi connectivity index (χ0v) is 21.1. The Labute approximate surface area is 201 Å². The number of ether oxygens (including phenoxy) is 1. The summed E-state index contributed by atoms with van der Waals surface area (Å²) in [6.45, 7) is 6.69. The highest BCUT2D eigenvalue weighted by Crippen LogP contribution is 2.37. The van der Waals surface area contributed by atoms with E-state index in [2.05, 4.69) is 51.1 Å². The molecule has 0 aromatic heterocycles. The van der Waals surface area contributed by atoms with Crippen LogP contribution in [0.3, 0.4) is 0 Å². The molecule has 0 atom stereocenters. The van der Waals surface area contributed by atoms with Crippen LogP contribution in [-0.4, -0.2) is 11.3 Å². The fourth-order valence-electron chi connectivity index (χ4n) is 4.70. The Morgan fingerprint density at radius 2 is 1.24 bits per heavy atom. The Kier molecular flexibility index (Phi) is 12.7. The number of hydrogen-bond donors (Lipinski definition) is 1. The summed E-state index contributed by atoms with van der Waals surface area (Å²) in [6.07, 6.45) is 14.7. The quantitative estimate of drug-likeness (QED) is 0.157. The van der Waals surface area contributed by atoms with E-state index in [1.165, 1.54) is 73.6 Å². The van der Waals surface area contributed by atoms with Crippen LogP contribution in [0.5, 0.6) is 5.75 Å². The molecule has 33 heavy (non-hydrogen) atoms. The summed E-state index contributed by atoms with van der Waals surface area (Å²) in [5, 5.41) is 9.37. The molecule has 0 saturated heterocycles. The molecule has 0 bridgehead atoms. The molecule has 0 aliphatic heterocycles. The predicted octanol–water partition coefficient (Wildman–Crippen LogP) is 9.39. The third-order valence-electron chi connectivity index (χ3n) is 6.50. The number of carboxylic acid groups (broad SMARTS) is 1. The van der Waals surface area contributed by atoms with Gasteiger partial charge in [-0.3, -0.25) is 0 Å². The highest BCUT2D eigenvalue weighted by Gasteiger charge is 2.18. The van der Waals surface area contributed by atoms with Crippen LogP contribution in [0.4, 0.5) is 4.79 Å². The summed E-state index contributed by atoms with van der Waals surface area (Å²) >= 11 is 0. The van der Waals surface area contributed by atoms with Crippen molar-refractivity contribution < 1.29 is 14.6 Å². The van der Waals surface area contributed by atoms with Crippen molar-refractivity contribution in [2.24, 2.45) is 0 Å². The van der Waals surface area contributed by atoms with Crippen LogP contribution in [0.25, 0.3) is 11.1 Å². The Morgan fingerprint density at radius 1 is 0.667 bits per heavy atom. The van der Waals surface area contributed by atoms with E-state index in [1.807, 2.05) is 6.07 Å². The van der Waals surface area contributed by atoms with Crippen LogP contribution in [-0.2, 0) is 19.3 Å². The lowest BCUT2D eigenvalue weighted by molar-refractivity contribution is 0.144. The van der Waals surface area contributed by atoms with E-state index in [0.717, 1.165) is 44.1 Å². The topological polar surface area (TPSA) is 46.5 Å². The smallest absolute Gasteiger partial charge is 0.449 e. The molecule has 0 aliphatic rings. The van der Waals surface area contributed by atoms with Gasteiger partial charge in [-0.25, -0.2) is 4.79 Å². The van der Waals surface area contributed by atoms with Crippen molar-refractivity contribution in [3.05, 3.63) is 53.1 Å². The van der Waals surface area contributed by atoms with Gasteiger partial charge in [0.15, 0.2) is 0 Å². The van der Waals surface area contributed by atoms with Crippen LogP contribution in [0.1, 0.15) is 108 Å². The number of carbonyl (C=O) groups is 1. The third-order valence-corrected chi connectivity index (χ3v) is 6.50. The van der Waals surface area contributed by atoms with Crippen LogP contribution in [0.15, 0.2) is 36.4 Å². The monoisotopic (exact) mass is 452 g/mol. The lowest BCUT2D eigenvalue weighted by Gasteiger charge is -2.20. The summed E-state index contributed by atoms with van der Waals surface area (Å²) < 4.78 is 5.29. The van der Waals surface area contributed by atoms with Gasteiger partial charge in [0.2, 0.25) is 0 Å². The fraction of sp³-hybridized carbons (Fsp3) is 0.567. The summed E-state index contributed by atoms with van der Waals surface area (Å²) in [5.41, 5.74) is 6.36. The first-order valence-electron chi connectivity index (χ1n) is 13.3. The molecule has 0 amide bonds. The SMILES string of the molecule is CCCCCCc1c(OC(=O)O)ccc(-c2ccccc2CCCCC)c1CCCCCC. The summed E-state index contributed by atoms with van der Waals surface area (Å²) in [5.74, 6) is 0.525. The first-order chi connectivity index (χ1) is 16.1. The Bertz CT molecular complexity index is 840. The van der Waals surface area contributed by atoms with E-state index in [1.54, 1.807) is 0 Å². The predicted molar refractivity (Wildman–Crippen MR) is 139 cm³/mol. The molecule has 182 valence electrons. The van der Waals surface area contributed by atoms with Gasteiger partial charge in [0.1, 0.15) is 5.75 Å². The maximum atomic E-state index is 11.4. The Balaban J connectivity index is 2.50. The van der Waals surface area contributed by atoms with Crippen LogP contribution < -0.4 is 4.74 Å². The maximum absolute atomic E-state index is 11.4. The standard InChI is InChI=1S/C30H44O3/c1-4-7-10-13-20-26-27(25-19-16-15-18-24(25)17-12-9-6-3)22-23-29(33-30(31)32)28(26)21-14-11-8-5-2/h15-16,18-19,22-23H,4-14,17,20-21H2,1-3H3,(H,31,32). The largest absolute Gasteiger partial charge is 0.511 e. The highest BCUT2D eigenvalue weighted by molar-refractivity contribution is 5.74. The minimum Gasteiger partial charge on any atom is -0.449 e. The molecular weight excluding hydrogens is 408 g/mol. The van der Waals surface area contributed by atoms with E-state index >= 15 is 0 Å². The minimum absolute atomic E-state index is 0.525. The molecule has 0 unspecified atom stereocenters. The zero-order valence-electron chi connectivity index (χ0n) is 21.1. The van der Waals surface area contributed by atoms with E-state index in [0.29, 0.717) is 5.75 Å². The first-order valence-corrected chi connectivity index (χ1v) is 13.3. The molecule has 0 saturated carbocycles. The van der Waals surface area contributed by atoms with Crippen LogP contribution in [0, 0.1) is 0 Å². The molecule has 0 radical (unpaired) electrons. The molecular formula is C30H44O3. The fourth-order valence-corrected chi connectivity index (χ4v) is 4.70. The Morgan fingerprint density at radius 3 is 1.88 bits per heavy atom. The second-order valence-electron chi connectivity index (χ2n) is 9.17. The molecule has 2 aromatic rings. The second kappa shape index (κ2) is 15.5. The number of rotatable bonds is 16. The summed E-state index contributed by atoms with van der Waals surface area (Å²) in [6, 6.07) is 12.7. The van der Waals surface area contributed by atoms with Crippen molar-refractivity contribution in [3.8, 4) is 16.9 Å². The minimum atomic E-state index is -1.23. The highest BCUT2D eigenvalue weighted by atomic mass is 16.7. The van der Waals surface area contributed by atoms with Crippen molar-refractivity contribution in [1.82, 2.24) is 0 Å². The van der Waals surface area contributed by atoms with Gasteiger partial charge in [-0.2, -0.15) is 0 Å². The van der Waals surface area contributed by atoms with Crippen LogP contribution in [0.2, 0.25) is 0 Å². The van der Waals surface area contributed by atoms with E-state index in [4.69, 9.17) is 4.74 Å². The average molecular weight is 453 g/mol. The number of unbranched alkanes of at least 4 members (excludes halogenated alkanes) is 8. The molecule has 0 aliphatic carbocycles. The van der Waals surface area contributed by atoms with Gasteiger partial charge in [-0.15, -0.1) is 0 Å². The van der Waals surface area contributed by atoms with Crippen molar-refractivity contribution in [2.45, 2.75) is 111 Å². The lowest BCUT2D eigenvalue weighted by Crippen LogP contribution is -2.09. The molecule has 3 nitrogen and oxygen atoms in total. The molecule has 0 spiro atoms. The van der Waals surface area contributed by atoms with E-state index in [9.17, 15) is 9.90 Å². The van der Waals surface area contributed by atoms with Gasteiger partial charge >= 0.3 is 6.16 Å². The average Bonchev–Trinajstić information content (AvgIpc) is 2.81. The van der Waals surface area contributed by atoms with Gasteiger partial charge in [0.25, 0.3) is 0 Å². The first kappa shape index (κ1) is 27.0. The summed E-state index contributed by atoms with van der Waals surface area (Å²) in [4.78, 5) is 11.4. The number of hydrogen-bond acceptors (Lipinski definition) is 2. The lowest BCUT2D eigenvalue weighted by atomic mass is 9.86. The maximum Gasteiger partial charge on any atom is 0.511 e. The Hall–Kier alpha value is -2.29. The van der Waals surface area contributed by atoms with Gasteiger partial charge in [0.05, 0.1) is 0 Å². The molecule has 3 heteroatoms. The normalized spacial score (nSPS) is 11.0. The van der Waals surface area contributed by atoms with Gasteiger partial charge in [-0.1, -0.05) is 102 Å². The molecule has 0 heterocycles. The van der Waals surface area contributed by atoms with Crippen LogP contribution >= 0.6 is 0 Å². The van der Waals surface area contributed by atoms with Crippen molar-refractivity contribution in [1.29, 1.82) is 0 Å². The number of aryl methyl sites for hydroxylation is 1. The van der Waals surface area contributed by atoms with Gasteiger partial charge in [0, 0.05) is 0 Å². The van der Waals surface area contributed by atoms with Gasteiger partial charge < -0.3 is 9.84 Å². The van der Waals surface area contributed by atoms with E-state index in [-0.39, 0.29) is 0 Å².